The van der Waals surface area contributed by atoms with Gasteiger partial charge in [0, 0.05) is 30.9 Å². The molecule has 0 saturated carbocycles. The van der Waals surface area contributed by atoms with Gasteiger partial charge in [0.05, 0.1) is 30.2 Å². The first-order valence-corrected chi connectivity index (χ1v) is 9.41. The Morgan fingerprint density at radius 2 is 1.84 bits per heavy atom. The zero-order valence-electron chi connectivity index (χ0n) is 16.2. The van der Waals surface area contributed by atoms with Crippen molar-refractivity contribution in [1.82, 2.24) is 15.0 Å². The van der Waals surface area contributed by atoms with Crippen molar-refractivity contribution in [2.24, 2.45) is 0 Å². The fourth-order valence-electron chi connectivity index (χ4n) is 3.17. The number of aromatic nitrogens is 3. The van der Waals surface area contributed by atoms with Gasteiger partial charge in [-0.05, 0) is 18.2 Å². The van der Waals surface area contributed by atoms with E-state index in [4.69, 9.17) is 10.5 Å². The number of pyridine rings is 1. The van der Waals surface area contributed by atoms with Crippen LogP contribution < -0.4 is 16.0 Å². The fourth-order valence-corrected chi connectivity index (χ4v) is 3.17. The van der Waals surface area contributed by atoms with Crippen LogP contribution in [0.1, 0.15) is 5.56 Å². The first kappa shape index (κ1) is 20.7. The van der Waals surface area contributed by atoms with E-state index < -0.39 is 11.7 Å². The van der Waals surface area contributed by atoms with E-state index in [9.17, 15) is 18.3 Å². The van der Waals surface area contributed by atoms with Crippen molar-refractivity contribution in [3.63, 3.8) is 0 Å². The third-order valence-electron chi connectivity index (χ3n) is 4.68. The van der Waals surface area contributed by atoms with Crippen LogP contribution in [0.3, 0.4) is 0 Å². The molecule has 0 amide bonds. The molecule has 0 unspecified atom stereocenters. The van der Waals surface area contributed by atoms with Crippen LogP contribution >= 0.6 is 0 Å². The molecule has 0 spiro atoms. The van der Waals surface area contributed by atoms with Crippen LogP contribution in [0, 0.1) is 0 Å². The van der Waals surface area contributed by atoms with E-state index in [1.165, 1.54) is 12.1 Å². The molecule has 0 radical (unpaired) electrons. The number of anilines is 4. The van der Waals surface area contributed by atoms with Crippen LogP contribution in [0.2, 0.25) is 0 Å². The first-order chi connectivity index (χ1) is 14.8. The Morgan fingerprint density at radius 1 is 1.10 bits per heavy atom. The second-order valence-corrected chi connectivity index (χ2v) is 6.83. The average molecular weight is 432 g/mol. The summed E-state index contributed by atoms with van der Waals surface area (Å²) in [6.45, 7) is 1.89. The summed E-state index contributed by atoms with van der Waals surface area (Å²) in [5.74, 6) is 0.188. The molecule has 3 aromatic rings. The number of nitrogens with one attached hydrogen (secondary N) is 1. The number of benzene rings is 1. The Labute approximate surface area is 175 Å². The van der Waals surface area contributed by atoms with Crippen LogP contribution in [-0.2, 0) is 10.9 Å². The minimum atomic E-state index is -4.65. The summed E-state index contributed by atoms with van der Waals surface area (Å²) < 4.78 is 46.3. The minimum absolute atomic E-state index is 0.0224. The molecule has 11 heteroatoms. The number of phenols is 1. The molecule has 31 heavy (non-hydrogen) atoms. The number of halogens is 3. The molecule has 1 aliphatic rings. The largest absolute Gasteiger partial charge is 0.506 e. The maximum absolute atomic E-state index is 13.7. The molecule has 1 fully saturated rings. The number of morpholine rings is 1. The number of nitrogen functional groups attached to an aromatic ring is 1. The lowest BCUT2D eigenvalue weighted by atomic mass is 10.1. The molecule has 1 aliphatic heterocycles. The third-order valence-corrected chi connectivity index (χ3v) is 4.68. The number of alkyl halides is 3. The van der Waals surface area contributed by atoms with E-state index in [0.29, 0.717) is 32.0 Å². The van der Waals surface area contributed by atoms with Gasteiger partial charge in [-0.3, -0.25) is 0 Å². The summed E-state index contributed by atoms with van der Waals surface area (Å²) in [7, 11) is 0. The lowest BCUT2D eigenvalue weighted by Gasteiger charge is -2.27. The highest BCUT2D eigenvalue weighted by molar-refractivity contribution is 5.72. The predicted molar refractivity (Wildman–Crippen MR) is 109 cm³/mol. The van der Waals surface area contributed by atoms with Gasteiger partial charge in [0.1, 0.15) is 17.4 Å². The molecule has 8 nitrogen and oxygen atoms in total. The number of rotatable bonds is 4. The Balaban J connectivity index is 1.83. The average Bonchev–Trinajstić information content (AvgIpc) is 2.75. The summed E-state index contributed by atoms with van der Waals surface area (Å²) in [4.78, 5) is 14.5. The molecule has 0 aliphatic carbocycles. The van der Waals surface area contributed by atoms with Crippen molar-refractivity contribution < 1.29 is 23.0 Å². The van der Waals surface area contributed by atoms with Crippen LogP contribution in [-0.4, -0.2) is 46.4 Å². The zero-order valence-corrected chi connectivity index (χ0v) is 16.2. The highest BCUT2D eigenvalue weighted by atomic mass is 19.4. The molecule has 4 rings (SSSR count). The summed E-state index contributed by atoms with van der Waals surface area (Å²) in [5, 5.41) is 13.0. The van der Waals surface area contributed by atoms with Gasteiger partial charge in [0.2, 0.25) is 5.95 Å². The normalized spacial score (nSPS) is 14.5. The Kier molecular flexibility index (Phi) is 5.51. The number of ether oxygens (including phenoxy) is 1. The SMILES string of the molecule is Nc1cc(C(F)(F)F)c(-c2cc(Nc3ccccc3O)nc(N3CCOCC3)n2)cn1. The maximum atomic E-state index is 13.7. The van der Waals surface area contributed by atoms with E-state index in [2.05, 4.69) is 20.3 Å². The topological polar surface area (TPSA) is 109 Å². The van der Waals surface area contributed by atoms with Gasteiger partial charge in [0.15, 0.2) is 0 Å². The Morgan fingerprint density at radius 3 is 2.55 bits per heavy atom. The quantitative estimate of drug-likeness (QED) is 0.538. The summed E-state index contributed by atoms with van der Waals surface area (Å²) in [5.41, 5.74) is 4.70. The number of hydrogen-bond donors (Lipinski definition) is 3. The van der Waals surface area contributed by atoms with Crippen LogP contribution in [0.5, 0.6) is 5.75 Å². The number of para-hydroxylation sites is 2. The molecule has 0 atom stereocenters. The maximum Gasteiger partial charge on any atom is 0.417 e. The van der Waals surface area contributed by atoms with Gasteiger partial charge in [-0.2, -0.15) is 18.2 Å². The molecule has 2 aromatic heterocycles. The van der Waals surface area contributed by atoms with E-state index in [1.807, 2.05) is 4.90 Å². The molecule has 1 saturated heterocycles. The van der Waals surface area contributed by atoms with Crippen LogP contribution in [0.4, 0.5) is 36.4 Å². The van der Waals surface area contributed by atoms with Gasteiger partial charge in [-0.1, -0.05) is 12.1 Å². The van der Waals surface area contributed by atoms with Crippen LogP contribution in [0.25, 0.3) is 11.3 Å². The number of phenolic OH excluding ortho intramolecular Hbond substituents is 1. The standard InChI is InChI=1S/C20H19F3N6O2/c21-20(22,23)13-9-17(24)25-11-12(13)15-10-18(26-14-3-1-2-4-16(14)30)28-19(27-15)29-5-7-31-8-6-29/h1-4,9-11,30H,5-8H2,(H2,24,25)(H,26,27,28). The predicted octanol–water partition coefficient (Wildman–Crippen LogP) is 3.43. The van der Waals surface area contributed by atoms with Crippen molar-refractivity contribution in [3.05, 3.63) is 48.2 Å². The lowest BCUT2D eigenvalue weighted by molar-refractivity contribution is -0.137. The Hall–Kier alpha value is -3.60. The molecule has 162 valence electrons. The molecular formula is C20H19F3N6O2. The van der Waals surface area contributed by atoms with Crippen molar-refractivity contribution in [2.45, 2.75) is 6.18 Å². The molecule has 3 heterocycles. The van der Waals surface area contributed by atoms with Gasteiger partial charge in [-0.15, -0.1) is 0 Å². The van der Waals surface area contributed by atoms with E-state index in [-0.39, 0.29) is 34.6 Å². The number of nitrogens with zero attached hydrogens (tertiary/aromatic N) is 4. The zero-order chi connectivity index (χ0) is 22.0. The van der Waals surface area contributed by atoms with Crippen molar-refractivity contribution in [2.75, 3.05) is 42.3 Å². The van der Waals surface area contributed by atoms with Gasteiger partial charge in [0.25, 0.3) is 0 Å². The molecule has 4 N–H and O–H groups in total. The van der Waals surface area contributed by atoms with E-state index in [1.54, 1.807) is 18.2 Å². The summed E-state index contributed by atoms with van der Waals surface area (Å²) in [6, 6.07) is 8.62. The first-order valence-electron chi connectivity index (χ1n) is 9.41. The van der Waals surface area contributed by atoms with Crippen molar-refractivity contribution in [1.29, 1.82) is 0 Å². The molecule has 1 aromatic carbocycles. The summed E-state index contributed by atoms with van der Waals surface area (Å²) in [6.07, 6.45) is -3.60. The van der Waals surface area contributed by atoms with Gasteiger partial charge in [-0.25, -0.2) is 9.97 Å². The third kappa shape index (κ3) is 4.61. The monoisotopic (exact) mass is 432 g/mol. The Bertz CT molecular complexity index is 1090. The van der Waals surface area contributed by atoms with Gasteiger partial charge < -0.3 is 25.8 Å². The number of hydrogen-bond acceptors (Lipinski definition) is 8. The fraction of sp³-hybridized carbons (Fsp3) is 0.250. The molecular weight excluding hydrogens is 413 g/mol. The van der Waals surface area contributed by atoms with E-state index >= 15 is 0 Å². The van der Waals surface area contributed by atoms with Gasteiger partial charge >= 0.3 is 6.18 Å². The molecule has 0 bridgehead atoms. The summed E-state index contributed by atoms with van der Waals surface area (Å²) >= 11 is 0. The van der Waals surface area contributed by atoms with Crippen molar-refractivity contribution >= 4 is 23.3 Å². The number of nitrogens with two attached hydrogens (primary N) is 1. The highest BCUT2D eigenvalue weighted by Gasteiger charge is 2.35. The second-order valence-electron chi connectivity index (χ2n) is 6.83. The minimum Gasteiger partial charge on any atom is -0.506 e. The lowest BCUT2D eigenvalue weighted by Crippen LogP contribution is -2.37. The van der Waals surface area contributed by atoms with Crippen molar-refractivity contribution in [3.8, 4) is 17.0 Å². The highest BCUT2D eigenvalue weighted by Crippen LogP contribution is 2.38. The second kappa shape index (κ2) is 8.26. The smallest absolute Gasteiger partial charge is 0.417 e. The van der Waals surface area contributed by atoms with E-state index in [0.717, 1.165) is 12.3 Å². The van der Waals surface area contributed by atoms with Crippen LogP contribution in [0.15, 0.2) is 42.6 Å². The number of aromatic hydroxyl groups is 1.